The van der Waals surface area contributed by atoms with E-state index in [0.717, 1.165) is 33.6 Å². The molecule has 0 aliphatic heterocycles. The van der Waals surface area contributed by atoms with E-state index in [4.69, 9.17) is 5.73 Å². The molecule has 2 aromatic heterocycles. The van der Waals surface area contributed by atoms with E-state index < -0.39 is 0 Å². The summed E-state index contributed by atoms with van der Waals surface area (Å²) in [5, 5.41) is 3.75. The molecule has 0 saturated carbocycles. The molecule has 0 spiro atoms. The number of nitrogens with one attached hydrogen (secondary N) is 1. The number of benzene rings is 1. The number of carbonyl (C=O) groups excluding carboxylic acids is 1. The summed E-state index contributed by atoms with van der Waals surface area (Å²) >= 11 is 1.35. The lowest BCUT2D eigenvalue weighted by atomic mass is 10.1. The van der Waals surface area contributed by atoms with Gasteiger partial charge in [-0.25, -0.2) is 4.98 Å². The Balaban J connectivity index is 1.89. The smallest absolute Gasteiger partial charge is 0.267 e. The fourth-order valence-electron chi connectivity index (χ4n) is 2.56. The lowest BCUT2D eigenvalue weighted by molar-refractivity contribution is 0.103. The Morgan fingerprint density at radius 1 is 1.21 bits per heavy atom. The van der Waals surface area contributed by atoms with Gasteiger partial charge in [-0.3, -0.25) is 4.79 Å². The minimum Gasteiger partial charge on any atom is -0.397 e. The maximum Gasteiger partial charge on any atom is 0.267 e. The first-order valence-electron chi connectivity index (χ1n) is 8.00. The maximum atomic E-state index is 12.5. The molecule has 0 fully saturated rings. The minimum absolute atomic E-state index is 0.190. The van der Waals surface area contributed by atoms with Gasteiger partial charge in [0.05, 0.1) is 5.69 Å². The first kappa shape index (κ1) is 16.5. The van der Waals surface area contributed by atoms with Crippen molar-refractivity contribution >= 4 is 38.8 Å². The van der Waals surface area contributed by atoms with Gasteiger partial charge in [-0.1, -0.05) is 31.5 Å². The van der Waals surface area contributed by atoms with Crippen molar-refractivity contribution < 1.29 is 4.79 Å². The van der Waals surface area contributed by atoms with E-state index in [9.17, 15) is 4.79 Å². The van der Waals surface area contributed by atoms with Gasteiger partial charge in [0.15, 0.2) is 0 Å². The minimum atomic E-state index is -0.190. The Bertz CT molecular complexity index is 882. The van der Waals surface area contributed by atoms with Crippen LogP contribution in [0, 0.1) is 12.8 Å². The van der Waals surface area contributed by atoms with Gasteiger partial charge in [0.2, 0.25) is 0 Å². The van der Waals surface area contributed by atoms with Gasteiger partial charge >= 0.3 is 0 Å². The molecule has 1 aromatic carbocycles. The molecule has 1 amide bonds. The van der Waals surface area contributed by atoms with Crippen LogP contribution in [0.4, 0.5) is 11.4 Å². The highest BCUT2D eigenvalue weighted by Crippen LogP contribution is 2.33. The van der Waals surface area contributed by atoms with Crippen molar-refractivity contribution in [1.82, 2.24) is 4.98 Å². The topological polar surface area (TPSA) is 68.0 Å². The summed E-state index contributed by atoms with van der Waals surface area (Å²) in [5.74, 6) is 0.348. The number of carbonyl (C=O) groups is 1. The highest BCUT2D eigenvalue weighted by Gasteiger charge is 2.18. The molecule has 0 aliphatic carbocycles. The van der Waals surface area contributed by atoms with E-state index in [2.05, 4.69) is 24.1 Å². The number of nitrogen functional groups attached to an aromatic ring is 1. The van der Waals surface area contributed by atoms with Crippen LogP contribution in [0.3, 0.4) is 0 Å². The Morgan fingerprint density at radius 2 is 1.92 bits per heavy atom. The van der Waals surface area contributed by atoms with Crippen LogP contribution >= 0.6 is 11.3 Å². The van der Waals surface area contributed by atoms with Crippen molar-refractivity contribution in [3.63, 3.8) is 0 Å². The van der Waals surface area contributed by atoms with Crippen molar-refractivity contribution in [3.8, 4) is 0 Å². The number of aryl methyl sites for hydroxylation is 1. The van der Waals surface area contributed by atoms with Gasteiger partial charge in [0.25, 0.3) is 5.91 Å². The lowest BCUT2D eigenvalue weighted by Gasteiger charge is -2.04. The maximum absolute atomic E-state index is 12.5. The largest absolute Gasteiger partial charge is 0.397 e. The number of pyridine rings is 1. The summed E-state index contributed by atoms with van der Waals surface area (Å²) in [5.41, 5.74) is 9.62. The molecule has 0 unspecified atom stereocenters. The second kappa shape index (κ2) is 6.61. The van der Waals surface area contributed by atoms with Gasteiger partial charge in [0, 0.05) is 16.8 Å². The molecule has 3 N–H and O–H groups in total. The SMILES string of the molecule is Cc1ccc(NC(=O)c2sc3nc(CC(C)C)ccc3c2N)cc1. The Kier molecular flexibility index (Phi) is 4.53. The van der Waals surface area contributed by atoms with E-state index in [1.165, 1.54) is 11.3 Å². The lowest BCUT2D eigenvalue weighted by Crippen LogP contribution is -2.11. The fourth-order valence-corrected chi connectivity index (χ4v) is 3.57. The number of amides is 1. The highest BCUT2D eigenvalue weighted by molar-refractivity contribution is 7.21. The van der Waals surface area contributed by atoms with Crippen molar-refractivity contribution in [2.45, 2.75) is 27.2 Å². The van der Waals surface area contributed by atoms with Gasteiger partial charge in [-0.15, -0.1) is 11.3 Å². The first-order valence-corrected chi connectivity index (χ1v) is 8.81. The number of thiophene rings is 1. The zero-order valence-corrected chi connectivity index (χ0v) is 14.9. The van der Waals surface area contributed by atoms with E-state index in [-0.39, 0.29) is 5.91 Å². The van der Waals surface area contributed by atoms with Crippen LogP contribution in [-0.2, 0) is 6.42 Å². The number of nitrogens with two attached hydrogens (primary N) is 1. The number of fused-ring (bicyclic) bond motifs is 1. The Hall–Kier alpha value is -2.40. The number of hydrogen-bond acceptors (Lipinski definition) is 4. The average molecular weight is 339 g/mol. The Morgan fingerprint density at radius 3 is 2.58 bits per heavy atom. The second-order valence-electron chi connectivity index (χ2n) is 6.42. The summed E-state index contributed by atoms with van der Waals surface area (Å²) < 4.78 is 0. The molecule has 2 heterocycles. The molecule has 3 aromatic rings. The van der Waals surface area contributed by atoms with Crippen LogP contribution in [0.5, 0.6) is 0 Å². The third-order valence-corrected chi connectivity index (χ3v) is 4.90. The highest BCUT2D eigenvalue weighted by atomic mass is 32.1. The third-order valence-electron chi connectivity index (χ3n) is 3.78. The van der Waals surface area contributed by atoms with Crippen LogP contribution < -0.4 is 11.1 Å². The molecule has 0 bridgehead atoms. The predicted molar refractivity (Wildman–Crippen MR) is 102 cm³/mol. The van der Waals surface area contributed by atoms with Crippen molar-refractivity contribution in [2.75, 3.05) is 11.1 Å². The molecule has 0 aliphatic rings. The van der Waals surface area contributed by atoms with Crippen LogP contribution in [0.25, 0.3) is 10.2 Å². The zero-order chi connectivity index (χ0) is 17.3. The molecular weight excluding hydrogens is 318 g/mol. The molecular formula is C19H21N3OS. The van der Waals surface area contributed by atoms with Gasteiger partial charge in [0.1, 0.15) is 9.71 Å². The Labute approximate surface area is 145 Å². The van der Waals surface area contributed by atoms with Gasteiger partial charge < -0.3 is 11.1 Å². The summed E-state index contributed by atoms with van der Waals surface area (Å²) in [4.78, 5) is 18.5. The summed E-state index contributed by atoms with van der Waals surface area (Å²) in [6.45, 7) is 6.33. The predicted octanol–water partition coefficient (Wildman–Crippen LogP) is 4.64. The zero-order valence-electron chi connectivity index (χ0n) is 14.1. The summed E-state index contributed by atoms with van der Waals surface area (Å²) in [6.07, 6.45) is 0.915. The van der Waals surface area contributed by atoms with E-state index in [1.54, 1.807) is 0 Å². The molecule has 3 rings (SSSR count). The molecule has 0 radical (unpaired) electrons. The normalized spacial score (nSPS) is 11.2. The van der Waals surface area contributed by atoms with Crippen LogP contribution in [0.2, 0.25) is 0 Å². The summed E-state index contributed by atoms with van der Waals surface area (Å²) in [7, 11) is 0. The van der Waals surface area contributed by atoms with Crippen LogP contribution in [0.15, 0.2) is 36.4 Å². The average Bonchev–Trinajstić information content (AvgIpc) is 2.85. The summed E-state index contributed by atoms with van der Waals surface area (Å²) in [6, 6.07) is 11.7. The molecule has 124 valence electrons. The van der Waals surface area contributed by atoms with Gasteiger partial charge in [-0.2, -0.15) is 0 Å². The van der Waals surface area contributed by atoms with Crippen molar-refractivity contribution in [2.24, 2.45) is 5.92 Å². The van der Waals surface area contributed by atoms with Crippen LogP contribution in [-0.4, -0.2) is 10.9 Å². The second-order valence-corrected chi connectivity index (χ2v) is 7.42. The molecule has 0 saturated heterocycles. The van der Waals surface area contributed by atoms with Crippen molar-refractivity contribution in [3.05, 3.63) is 52.5 Å². The fraction of sp³-hybridized carbons (Fsp3) is 0.263. The quantitative estimate of drug-likeness (QED) is 0.728. The van der Waals surface area contributed by atoms with E-state index in [0.29, 0.717) is 16.5 Å². The number of hydrogen-bond donors (Lipinski definition) is 2. The molecule has 5 heteroatoms. The number of anilines is 2. The third kappa shape index (κ3) is 3.41. The van der Waals surface area contributed by atoms with Gasteiger partial charge in [-0.05, 0) is 43.5 Å². The number of aromatic nitrogens is 1. The van der Waals surface area contributed by atoms with Crippen molar-refractivity contribution in [1.29, 1.82) is 0 Å². The number of nitrogens with zero attached hydrogens (tertiary/aromatic N) is 1. The molecule has 0 atom stereocenters. The monoisotopic (exact) mass is 339 g/mol. The molecule has 4 nitrogen and oxygen atoms in total. The van der Waals surface area contributed by atoms with E-state index >= 15 is 0 Å². The van der Waals surface area contributed by atoms with Crippen LogP contribution in [0.1, 0.15) is 34.8 Å². The standard InChI is InChI=1S/C19H21N3OS/c1-11(2)10-14-8-9-15-16(20)17(24-19(15)22-14)18(23)21-13-6-4-12(3)5-7-13/h4-9,11H,10,20H2,1-3H3,(H,21,23). The van der Waals surface area contributed by atoms with E-state index in [1.807, 2.05) is 43.3 Å². The number of rotatable bonds is 4. The first-order chi connectivity index (χ1) is 11.4. The molecule has 24 heavy (non-hydrogen) atoms.